The molecule has 144 valence electrons. The third-order valence-electron chi connectivity index (χ3n) is 4.50. The number of carbonyl (C=O) groups excluding carboxylic acids is 2. The third-order valence-corrected chi connectivity index (χ3v) is 4.75. The molecule has 1 atom stereocenters. The van der Waals surface area contributed by atoms with Crippen LogP contribution in [0.3, 0.4) is 0 Å². The van der Waals surface area contributed by atoms with E-state index in [1.54, 1.807) is 29.2 Å². The lowest BCUT2D eigenvalue weighted by Gasteiger charge is -2.19. The molecule has 0 saturated carbocycles. The Hall–Kier alpha value is -2.37. The fourth-order valence-electron chi connectivity index (χ4n) is 2.82. The number of nitrogens with one attached hydrogen (secondary N) is 1. The Kier molecular flexibility index (Phi) is 7.82. The molecule has 0 heterocycles. The Bertz CT molecular complexity index is 773. The molecular weight excluding hydrogens is 362 g/mol. The predicted octanol–water partition coefficient (Wildman–Crippen LogP) is 3.09. The lowest BCUT2D eigenvalue weighted by Crippen LogP contribution is -2.86. The van der Waals surface area contributed by atoms with Crippen molar-refractivity contribution in [2.24, 2.45) is 0 Å². The highest BCUT2D eigenvalue weighted by Crippen LogP contribution is 2.14. The molecule has 2 amide bonds. The predicted molar refractivity (Wildman–Crippen MR) is 109 cm³/mol. The number of quaternary nitrogens is 1. The summed E-state index contributed by atoms with van der Waals surface area (Å²) in [5, 5.41) is 5.52. The molecule has 2 rings (SSSR count). The molecular formula is C21H27ClN3O2+. The Balaban J connectivity index is 1.92. The normalized spacial score (nSPS) is 11.7. The molecule has 0 aliphatic heterocycles. The van der Waals surface area contributed by atoms with Gasteiger partial charge in [0.25, 0.3) is 11.8 Å². The molecule has 0 aliphatic rings. The van der Waals surface area contributed by atoms with Gasteiger partial charge < -0.3 is 15.5 Å². The molecule has 0 aliphatic carbocycles. The van der Waals surface area contributed by atoms with Crippen molar-refractivity contribution < 1.29 is 14.9 Å². The topological polar surface area (TPSA) is 66.0 Å². The molecule has 27 heavy (non-hydrogen) atoms. The molecule has 2 aromatic carbocycles. The number of carbonyl (C=O) groups is 2. The maximum atomic E-state index is 12.4. The van der Waals surface area contributed by atoms with Crippen LogP contribution in [-0.4, -0.2) is 36.3 Å². The summed E-state index contributed by atoms with van der Waals surface area (Å²) in [6.45, 7) is 7.54. The zero-order valence-electron chi connectivity index (χ0n) is 16.0. The summed E-state index contributed by atoms with van der Waals surface area (Å²) in [6.07, 6.45) is 0. The third kappa shape index (κ3) is 6.08. The van der Waals surface area contributed by atoms with Crippen LogP contribution in [-0.2, 0) is 4.79 Å². The van der Waals surface area contributed by atoms with Crippen LogP contribution in [0.15, 0.2) is 48.5 Å². The summed E-state index contributed by atoms with van der Waals surface area (Å²) in [6, 6.07) is 14.8. The van der Waals surface area contributed by atoms with Gasteiger partial charge in [0.15, 0.2) is 6.54 Å². The first kappa shape index (κ1) is 20.9. The van der Waals surface area contributed by atoms with Crippen LogP contribution in [0.2, 0.25) is 5.02 Å². The van der Waals surface area contributed by atoms with E-state index in [0.717, 1.165) is 5.56 Å². The van der Waals surface area contributed by atoms with Gasteiger partial charge in [-0.05, 0) is 51.1 Å². The van der Waals surface area contributed by atoms with Gasteiger partial charge in [-0.1, -0.05) is 29.8 Å². The van der Waals surface area contributed by atoms with E-state index in [4.69, 9.17) is 11.6 Å². The number of nitrogens with zero attached hydrogens (tertiary/aromatic N) is 1. The minimum absolute atomic E-state index is 0.0287. The molecule has 0 unspecified atom stereocenters. The molecule has 0 spiro atoms. The first-order valence-corrected chi connectivity index (χ1v) is 9.60. The van der Waals surface area contributed by atoms with E-state index >= 15 is 0 Å². The van der Waals surface area contributed by atoms with Gasteiger partial charge >= 0.3 is 0 Å². The fraction of sp³-hybridized carbons (Fsp3) is 0.333. The average Bonchev–Trinajstić information content (AvgIpc) is 2.67. The number of amides is 2. The van der Waals surface area contributed by atoms with Crippen LogP contribution in [0.1, 0.15) is 42.7 Å². The van der Waals surface area contributed by atoms with Crippen molar-refractivity contribution >= 4 is 29.1 Å². The van der Waals surface area contributed by atoms with Gasteiger partial charge in [-0.25, -0.2) is 0 Å². The summed E-state index contributed by atoms with van der Waals surface area (Å²) in [5.41, 5.74) is 2.32. The smallest absolute Gasteiger partial charge is 0.279 e. The second kappa shape index (κ2) is 10.1. The first-order valence-electron chi connectivity index (χ1n) is 9.22. The quantitative estimate of drug-likeness (QED) is 0.729. The van der Waals surface area contributed by atoms with E-state index in [2.05, 4.69) is 5.32 Å². The maximum Gasteiger partial charge on any atom is 0.279 e. The first-order chi connectivity index (χ1) is 12.9. The highest BCUT2D eigenvalue weighted by Gasteiger charge is 2.14. The summed E-state index contributed by atoms with van der Waals surface area (Å²) in [7, 11) is 0. The Morgan fingerprint density at radius 1 is 1.11 bits per heavy atom. The highest BCUT2D eigenvalue weighted by molar-refractivity contribution is 6.30. The standard InChI is InChI=1S/C21H26ClN3O2/c1-4-25(5-2)21(27)17-7-6-8-19(13-17)24-20(26)14-23-15(3)16-9-11-18(22)12-10-16/h6-13,15,23H,4-5,14H2,1-3H3,(H,24,26)/p+1/t15-/m0/s1. The summed E-state index contributed by atoms with van der Waals surface area (Å²) in [5.74, 6) is -0.137. The Labute approximate surface area is 165 Å². The number of nitrogens with two attached hydrogens (primary N) is 1. The van der Waals surface area contributed by atoms with Crippen molar-refractivity contribution in [3.05, 3.63) is 64.7 Å². The second-order valence-electron chi connectivity index (χ2n) is 6.39. The SMILES string of the molecule is CCN(CC)C(=O)c1cccc(NC(=O)C[NH2+][C@@H](C)c2ccc(Cl)cc2)c1. The molecule has 5 nitrogen and oxygen atoms in total. The van der Waals surface area contributed by atoms with Crippen molar-refractivity contribution in [3.63, 3.8) is 0 Å². The van der Waals surface area contributed by atoms with Gasteiger partial charge in [-0.15, -0.1) is 0 Å². The van der Waals surface area contributed by atoms with E-state index in [1.165, 1.54) is 0 Å². The Morgan fingerprint density at radius 2 is 1.78 bits per heavy atom. The lowest BCUT2D eigenvalue weighted by atomic mass is 10.1. The van der Waals surface area contributed by atoms with Crippen molar-refractivity contribution in [2.75, 3.05) is 25.0 Å². The number of hydrogen-bond donors (Lipinski definition) is 2. The molecule has 0 radical (unpaired) electrons. The molecule has 3 N–H and O–H groups in total. The largest absolute Gasteiger partial charge is 0.339 e. The zero-order valence-corrected chi connectivity index (χ0v) is 16.8. The molecule has 0 bridgehead atoms. The van der Waals surface area contributed by atoms with Crippen molar-refractivity contribution in [2.45, 2.75) is 26.8 Å². The van der Waals surface area contributed by atoms with Gasteiger partial charge in [0.2, 0.25) is 0 Å². The monoisotopic (exact) mass is 388 g/mol. The van der Waals surface area contributed by atoms with Crippen LogP contribution in [0.25, 0.3) is 0 Å². The molecule has 0 aromatic heterocycles. The van der Waals surface area contributed by atoms with Gasteiger partial charge in [0, 0.05) is 34.9 Å². The van der Waals surface area contributed by atoms with Gasteiger partial charge in [-0.3, -0.25) is 9.59 Å². The van der Waals surface area contributed by atoms with E-state index < -0.39 is 0 Å². The molecule has 0 fully saturated rings. The van der Waals surface area contributed by atoms with E-state index in [0.29, 0.717) is 29.4 Å². The summed E-state index contributed by atoms with van der Waals surface area (Å²) in [4.78, 5) is 26.5. The highest BCUT2D eigenvalue weighted by atomic mass is 35.5. The second-order valence-corrected chi connectivity index (χ2v) is 6.82. The van der Waals surface area contributed by atoms with E-state index in [1.807, 2.05) is 50.4 Å². The van der Waals surface area contributed by atoms with Crippen molar-refractivity contribution in [3.8, 4) is 0 Å². The zero-order chi connectivity index (χ0) is 19.8. The van der Waals surface area contributed by atoms with Crippen molar-refractivity contribution in [1.82, 2.24) is 4.90 Å². The van der Waals surface area contributed by atoms with Crippen LogP contribution in [0, 0.1) is 0 Å². The minimum atomic E-state index is -0.108. The number of hydrogen-bond acceptors (Lipinski definition) is 2. The fourth-order valence-corrected chi connectivity index (χ4v) is 2.95. The van der Waals surface area contributed by atoms with Gasteiger partial charge in [0.1, 0.15) is 6.04 Å². The summed E-state index contributed by atoms with van der Waals surface area (Å²) < 4.78 is 0. The lowest BCUT2D eigenvalue weighted by molar-refractivity contribution is -0.682. The molecule has 0 saturated heterocycles. The van der Waals surface area contributed by atoms with Crippen LogP contribution in [0.4, 0.5) is 5.69 Å². The average molecular weight is 389 g/mol. The number of benzene rings is 2. The van der Waals surface area contributed by atoms with E-state index in [9.17, 15) is 9.59 Å². The van der Waals surface area contributed by atoms with Crippen LogP contribution < -0.4 is 10.6 Å². The molecule has 6 heteroatoms. The van der Waals surface area contributed by atoms with Gasteiger partial charge in [-0.2, -0.15) is 0 Å². The van der Waals surface area contributed by atoms with Crippen LogP contribution in [0.5, 0.6) is 0 Å². The van der Waals surface area contributed by atoms with Crippen molar-refractivity contribution in [1.29, 1.82) is 0 Å². The number of halogens is 1. The summed E-state index contributed by atoms with van der Waals surface area (Å²) >= 11 is 5.91. The van der Waals surface area contributed by atoms with Crippen LogP contribution >= 0.6 is 11.6 Å². The van der Waals surface area contributed by atoms with Gasteiger partial charge in [0.05, 0.1) is 0 Å². The van der Waals surface area contributed by atoms with E-state index in [-0.39, 0.29) is 24.4 Å². The molecule has 2 aromatic rings. The number of anilines is 1. The minimum Gasteiger partial charge on any atom is -0.339 e. The Morgan fingerprint density at radius 3 is 2.41 bits per heavy atom. The number of rotatable bonds is 8. The maximum absolute atomic E-state index is 12.4.